The average molecular weight is 273 g/mol. The fourth-order valence-electron chi connectivity index (χ4n) is 1.76. The van der Waals surface area contributed by atoms with E-state index in [1.807, 2.05) is 20.8 Å². The monoisotopic (exact) mass is 273 g/mol. The number of urea groups is 1. The summed E-state index contributed by atoms with van der Waals surface area (Å²) in [7, 11) is 0. The maximum absolute atomic E-state index is 11.9. The van der Waals surface area contributed by atoms with Crippen molar-refractivity contribution in [2.24, 2.45) is 5.41 Å². The first-order valence-electron chi connectivity index (χ1n) is 6.40. The van der Waals surface area contributed by atoms with E-state index in [0.29, 0.717) is 26.3 Å². The zero-order chi connectivity index (χ0) is 14.5. The van der Waals surface area contributed by atoms with Crippen LogP contribution in [0.4, 0.5) is 4.79 Å². The summed E-state index contributed by atoms with van der Waals surface area (Å²) in [6.45, 7) is 8.12. The first-order valence-corrected chi connectivity index (χ1v) is 6.40. The number of amides is 2. The van der Waals surface area contributed by atoms with Gasteiger partial charge in [0.15, 0.2) is 0 Å². The van der Waals surface area contributed by atoms with Crippen LogP contribution in [0.15, 0.2) is 0 Å². The SMILES string of the molecule is CC(C)(C)C(CC(=O)O)NC(=O)NN1CCOCC1. The summed E-state index contributed by atoms with van der Waals surface area (Å²) in [5, 5.41) is 13.4. The highest BCUT2D eigenvalue weighted by Gasteiger charge is 2.28. The number of carboxylic acid groups (broad SMARTS) is 1. The summed E-state index contributed by atoms with van der Waals surface area (Å²) in [5.74, 6) is -0.924. The number of hydrazine groups is 1. The van der Waals surface area contributed by atoms with E-state index in [0.717, 1.165) is 0 Å². The third-order valence-electron chi connectivity index (χ3n) is 3.00. The third-order valence-corrected chi connectivity index (χ3v) is 3.00. The molecule has 1 fully saturated rings. The Morgan fingerprint density at radius 1 is 1.32 bits per heavy atom. The van der Waals surface area contributed by atoms with Crippen molar-refractivity contribution in [1.82, 2.24) is 15.8 Å². The fourth-order valence-corrected chi connectivity index (χ4v) is 1.76. The van der Waals surface area contributed by atoms with Gasteiger partial charge in [0, 0.05) is 19.1 Å². The molecule has 1 rings (SSSR count). The Balaban J connectivity index is 2.48. The minimum atomic E-state index is -0.924. The standard InChI is InChI=1S/C12H23N3O4/c1-12(2,3)9(8-10(16)17)13-11(18)14-15-4-6-19-7-5-15/h9H,4-8H2,1-3H3,(H,16,17)(H2,13,14,18). The molecule has 7 heteroatoms. The van der Waals surface area contributed by atoms with Crippen molar-refractivity contribution in [3.8, 4) is 0 Å². The molecule has 3 N–H and O–H groups in total. The zero-order valence-corrected chi connectivity index (χ0v) is 11.7. The number of nitrogens with zero attached hydrogens (tertiary/aromatic N) is 1. The summed E-state index contributed by atoms with van der Waals surface area (Å²) >= 11 is 0. The van der Waals surface area contributed by atoms with Crippen LogP contribution in [0.25, 0.3) is 0 Å². The molecule has 7 nitrogen and oxygen atoms in total. The number of morpholine rings is 1. The molecule has 0 aromatic carbocycles. The van der Waals surface area contributed by atoms with Gasteiger partial charge in [-0.1, -0.05) is 20.8 Å². The van der Waals surface area contributed by atoms with Crippen LogP contribution >= 0.6 is 0 Å². The molecule has 1 unspecified atom stereocenters. The van der Waals surface area contributed by atoms with E-state index in [1.165, 1.54) is 0 Å². The van der Waals surface area contributed by atoms with Crippen LogP contribution in [0.1, 0.15) is 27.2 Å². The lowest BCUT2D eigenvalue weighted by Crippen LogP contribution is -2.55. The zero-order valence-electron chi connectivity index (χ0n) is 11.7. The summed E-state index contributed by atoms with van der Waals surface area (Å²) in [6.07, 6.45) is -0.0972. The highest BCUT2D eigenvalue weighted by molar-refractivity contribution is 5.75. The van der Waals surface area contributed by atoms with Crippen LogP contribution < -0.4 is 10.7 Å². The van der Waals surface area contributed by atoms with Crippen molar-refractivity contribution in [2.45, 2.75) is 33.2 Å². The van der Waals surface area contributed by atoms with E-state index in [4.69, 9.17) is 9.84 Å². The Bertz CT molecular complexity index is 321. The average Bonchev–Trinajstić information content (AvgIpc) is 2.27. The minimum Gasteiger partial charge on any atom is -0.481 e. The first-order chi connectivity index (χ1) is 8.79. The van der Waals surface area contributed by atoms with Crippen molar-refractivity contribution >= 4 is 12.0 Å². The number of carbonyl (C=O) groups excluding carboxylic acids is 1. The second kappa shape index (κ2) is 6.72. The van der Waals surface area contributed by atoms with Gasteiger partial charge >= 0.3 is 12.0 Å². The molecule has 1 heterocycles. The van der Waals surface area contributed by atoms with Gasteiger partial charge in [0.2, 0.25) is 0 Å². The van der Waals surface area contributed by atoms with Gasteiger partial charge in [-0.25, -0.2) is 9.80 Å². The van der Waals surface area contributed by atoms with Crippen LogP contribution in [0.2, 0.25) is 0 Å². The predicted octanol–water partition coefficient (Wildman–Crippen LogP) is 0.422. The Kier molecular flexibility index (Phi) is 5.56. The Morgan fingerprint density at radius 3 is 2.37 bits per heavy atom. The maximum atomic E-state index is 11.9. The topological polar surface area (TPSA) is 90.9 Å². The van der Waals surface area contributed by atoms with Gasteiger partial charge < -0.3 is 15.2 Å². The molecule has 0 aromatic rings. The number of hydrogen-bond donors (Lipinski definition) is 3. The number of carbonyl (C=O) groups is 2. The second-order valence-electron chi connectivity index (χ2n) is 5.70. The van der Waals surface area contributed by atoms with Crippen molar-refractivity contribution in [2.75, 3.05) is 26.3 Å². The Hall–Kier alpha value is -1.34. The molecule has 110 valence electrons. The molecule has 1 atom stereocenters. The largest absolute Gasteiger partial charge is 0.481 e. The molecule has 1 saturated heterocycles. The van der Waals surface area contributed by atoms with E-state index < -0.39 is 12.0 Å². The smallest absolute Gasteiger partial charge is 0.329 e. The highest BCUT2D eigenvalue weighted by atomic mass is 16.5. The molecule has 0 radical (unpaired) electrons. The van der Waals surface area contributed by atoms with Gasteiger partial charge in [-0.05, 0) is 5.41 Å². The van der Waals surface area contributed by atoms with Crippen LogP contribution in [-0.2, 0) is 9.53 Å². The molecule has 1 aliphatic rings. The van der Waals surface area contributed by atoms with Crippen molar-refractivity contribution in [3.05, 3.63) is 0 Å². The molecule has 0 aromatic heterocycles. The Labute approximate surface area is 113 Å². The van der Waals surface area contributed by atoms with Gasteiger partial charge in [-0.15, -0.1) is 0 Å². The molecule has 1 aliphatic heterocycles. The van der Waals surface area contributed by atoms with E-state index in [-0.39, 0.29) is 17.9 Å². The van der Waals surface area contributed by atoms with Gasteiger partial charge in [-0.2, -0.15) is 0 Å². The lowest BCUT2D eigenvalue weighted by Gasteiger charge is -2.32. The molecule has 2 amide bonds. The van der Waals surface area contributed by atoms with Crippen LogP contribution in [0.3, 0.4) is 0 Å². The van der Waals surface area contributed by atoms with E-state index in [9.17, 15) is 9.59 Å². The molecule has 0 bridgehead atoms. The summed E-state index contributed by atoms with van der Waals surface area (Å²) in [5.41, 5.74) is 2.39. The number of ether oxygens (including phenoxy) is 1. The number of rotatable bonds is 4. The van der Waals surface area contributed by atoms with E-state index in [1.54, 1.807) is 5.01 Å². The molecular formula is C12H23N3O4. The van der Waals surface area contributed by atoms with Crippen molar-refractivity contribution in [3.63, 3.8) is 0 Å². The van der Waals surface area contributed by atoms with Crippen LogP contribution in [-0.4, -0.2) is 54.5 Å². The lowest BCUT2D eigenvalue weighted by molar-refractivity contribution is -0.138. The first kappa shape index (κ1) is 15.7. The maximum Gasteiger partial charge on any atom is 0.329 e. The normalized spacial score (nSPS) is 18.7. The quantitative estimate of drug-likeness (QED) is 0.690. The van der Waals surface area contributed by atoms with Crippen molar-refractivity contribution < 1.29 is 19.4 Å². The molecular weight excluding hydrogens is 250 g/mol. The third kappa shape index (κ3) is 5.89. The number of nitrogens with one attached hydrogen (secondary N) is 2. The predicted molar refractivity (Wildman–Crippen MR) is 69.6 cm³/mol. The second-order valence-corrected chi connectivity index (χ2v) is 5.70. The van der Waals surface area contributed by atoms with E-state index in [2.05, 4.69) is 10.7 Å². The highest BCUT2D eigenvalue weighted by Crippen LogP contribution is 2.21. The van der Waals surface area contributed by atoms with Gasteiger partial charge in [-0.3, -0.25) is 10.2 Å². The summed E-state index contributed by atoms with van der Waals surface area (Å²) in [4.78, 5) is 22.7. The number of carboxylic acids is 1. The molecule has 0 spiro atoms. The lowest BCUT2D eigenvalue weighted by atomic mass is 9.85. The summed E-state index contributed by atoms with van der Waals surface area (Å²) < 4.78 is 5.18. The molecule has 0 aliphatic carbocycles. The number of aliphatic carboxylic acids is 1. The molecule has 19 heavy (non-hydrogen) atoms. The van der Waals surface area contributed by atoms with Gasteiger partial charge in [0.05, 0.1) is 19.6 Å². The molecule has 0 saturated carbocycles. The van der Waals surface area contributed by atoms with Crippen molar-refractivity contribution in [1.29, 1.82) is 0 Å². The number of hydrogen-bond acceptors (Lipinski definition) is 4. The van der Waals surface area contributed by atoms with Crippen LogP contribution in [0.5, 0.6) is 0 Å². The van der Waals surface area contributed by atoms with Gasteiger partial charge in [0.1, 0.15) is 0 Å². The Morgan fingerprint density at radius 2 is 1.89 bits per heavy atom. The van der Waals surface area contributed by atoms with E-state index >= 15 is 0 Å². The minimum absolute atomic E-state index is 0.0972. The fraction of sp³-hybridized carbons (Fsp3) is 0.833. The summed E-state index contributed by atoms with van der Waals surface area (Å²) in [6, 6.07) is -0.797. The van der Waals surface area contributed by atoms with Crippen LogP contribution in [0, 0.1) is 5.41 Å². The van der Waals surface area contributed by atoms with Gasteiger partial charge in [0.25, 0.3) is 0 Å².